The number of para-hydroxylation sites is 1. The van der Waals surface area contributed by atoms with E-state index in [-0.39, 0.29) is 0 Å². The Balaban J connectivity index is 1.51. The minimum Gasteiger partial charge on any atom is -0.496 e. The van der Waals surface area contributed by atoms with Gasteiger partial charge in [-0.05, 0) is 56.3 Å². The average Bonchev–Trinajstić information content (AvgIpc) is 2.71. The predicted molar refractivity (Wildman–Crippen MR) is 117 cm³/mol. The Morgan fingerprint density at radius 1 is 0.862 bits per heavy atom. The summed E-state index contributed by atoms with van der Waals surface area (Å²) in [4.78, 5) is 13.6. The quantitative estimate of drug-likeness (QED) is 0.486. The van der Waals surface area contributed by atoms with Crippen LogP contribution in [0.4, 0.5) is 17.5 Å². The molecule has 0 saturated carbocycles. The lowest BCUT2D eigenvalue weighted by atomic mass is 10.2. The van der Waals surface area contributed by atoms with Crippen molar-refractivity contribution in [2.45, 2.75) is 20.4 Å². The van der Waals surface area contributed by atoms with Gasteiger partial charge < -0.3 is 15.4 Å². The fourth-order valence-corrected chi connectivity index (χ4v) is 3.25. The van der Waals surface area contributed by atoms with Gasteiger partial charge in [0.25, 0.3) is 0 Å². The van der Waals surface area contributed by atoms with E-state index in [1.165, 1.54) is 0 Å². The lowest BCUT2D eigenvalue weighted by molar-refractivity contribution is 0.410. The Bertz CT molecular complexity index is 1140. The summed E-state index contributed by atoms with van der Waals surface area (Å²) >= 11 is 0. The number of methoxy groups -OCH3 is 1. The maximum absolute atomic E-state index is 5.40. The summed E-state index contributed by atoms with van der Waals surface area (Å²) in [5, 5.41) is 7.68. The lowest BCUT2D eigenvalue weighted by Crippen LogP contribution is -2.03. The summed E-state index contributed by atoms with van der Waals surface area (Å²) in [7, 11) is 1.68. The highest BCUT2D eigenvalue weighted by Gasteiger charge is 2.05. The molecule has 0 fully saturated rings. The Labute approximate surface area is 170 Å². The second kappa shape index (κ2) is 8.14. The molecule has 0 unspecified atom stereocenters. The molecule has 4 aromatic rings. The molecule has 0 amide bonds. The van der Waals surface area contributed by atoms with E-state index >= 15 is 0 Å². The third-order valence-electron chi connectivity index (χ3n) is 4.58. The molecule has 6 nitrogen and oxygen atoms in total. The molecular formula is C23H23N5O. The second-order valence-electron chi connectivity index (χ2n) is 6.87. The summed E-state index contributed by atoms with van der Waals surface area (Å²) < 4.78 is 5.40. The topological polar surface area (TPSA) is 72.0 Å². The van der Waals surface area contributed by atoms with Gasteiger partial charge in [-0.25, -0.2) is 15.0 Å². The summed E-state index contributed by atoms with van der Waals surface area (Å²) in [6.45, 7) is 4.57. The van der Waals surface area contributed by atoms with Gasteiger partial charge >= 0.3 is 0 Å². The van der Waals surface area contributed by atoms with Gasteiger partial charge in [-0.3, -0.25) is 0 Å². The molecule has 0 spiro atoms. The van der Waals surface area contributed by atoms with Crippen molar-refractivity contribution in [3.63, 3.8) is 0 Å². The van der Waals surface area contributed by atoms with Crippen molar-refractivity contribution in [1.82, 2.24) is 15.0 Å². The van der Waals surface area contributed by atoms with Crippen molar-refractivity contribution in [2.75, 3.05) is 17.7 Å². The molecule has 0 aliphatic carbocycles. The van der Waals surface area contributed by atoms with Crippen molar-refractivity contribution in [3.8, 4) is 5.75 Å². The predicted octanol–water partition coefficient (Wildman–Crippen LogP) is 5.01. The Kier molecular flexibility index (Phi) is 5.24. The molecule has 0 saturated heterocycles. The summed E-state index contributed by atoms with van der Waals surface area (Å²) in [6.07, 6.45) is 0. The van der Waals surface area contributed by atoms with Crippen molar-refractivity contribution < 1.29 is 4.74 Å². The third-order valence-corrected chi connectivity index (χ3v) is 4.58. The second-order valence-corrected chi connectivity index (χ2v) is 6.87. The normalized spacial score (nSPS) is 10.7. The standard InChI is InChI=1S/C23H23N5O/c1-15-12-16(2)26-23(25-15)27-19-9-10-20-17(13-19)8-11-22(28-20)24-14-18-6-4-5-7-21(18)29-3/h4-13H,14H2,1-3H3,(H,24,28)(H,25,26,27). The number of aromatic nitrogens is 3. The van der Waals surface area contributed by atoms with Crippen LogP contribution in [0.3, 0.4) is 0 Å². The van der Waals surface area contributed by atoms with Crippen LogP contribution in [0.5, 0.6) is 5.75 Å². The molecule has 29 heavy (non-hydrogen) atoms. The number of nitrogens with one attached hydrogen (secondary N) is 2. The summed E-state index contributed by atoms with van der Waals surface area (Å²) in [5.41, 5.74) is 4.81. The molecule has 2 aromatic carbocycles. The zero-order valence-electron chi connectivity index (χ0n) is 16.7. The van der Waals surface area contributed by atoms with E-state index in [4.69, 9.17) is 9.72 Å². The van der Waals surface area contributed by atoms with Crippen molar-refractivity contribution >= 4 is 28.4 Å². The van der Waals surface area contributed by atoms with Gasteiger partial charge in [-0.2, -0.15) is 0 Å². The van der Waals surface area contributed by atoms with E-state index in [9.17, 15) is 0 Å². The van der Waals surface area contributed by atoms with Crippen LogP contribution < -0.4 is 15.4 Å². The van der Waals surface area contributed by atoms with E-state index in [0.717, 1.165) is 45.1 Å². The SMILES string of the molecule is COc1ccccc1CNc1ccc2cc(Nc3nc(C)cc(C)n3)ccc2n1. The molecule has 2 N–H and O–H groups in total. The third kappa shape index (κ3) is 4.43. The Morgan fingerprint density at radius 2 is 1.66 bits per heavy atom. The van der Waals surface area contributed by atoms with E-state index < -0.39 is 0 Å². The minimum absolute atomic E-state index is 0.602. The number of fused-ring (bicyclic) bond motifs is 1. The number of ether oxygens (including phenoxy) is 1. The molecule has 0 aliphatic rings. The van der Waals surface area contributed by atoms with E-state index in [1.807, 2.05) is 68.4 Å². The van der Waals surface area contributed by atoms with Gasteiger partial charge in [0.2, 0.25) is 5.95 Å². The maximum atomic E-state index is 5.40. The van der Waals surface area contributed by atoms with Gasteiger partial charge in [0.15, 0.2) is 0 Å². The Morgan fingerprint density at radius 3 is 2.45 bits per heavy atom. The largest absolute Gasteiger partial charge is 0.496 e. The van der Waals surface area contributed by atoms with Crippen LogP contribution in [0.1, 0.15) is 17.0 Å². The zero-order chi connectivity index (χ0) is 20.2. The fraction of sp³-hybridized carbons (Fsp3) is 0.174. The first-order chi connectivity index (χ1) is 14.1. The zero-order valence-corrected chi connectivity index (χ0v) is 16.7. The highest BCUT2D eigenvalue weighted by atomic mass is 16.5. The van der Waals surface area contributed by atoms with Gasteiger partial charge in [-0.15, -0.1) is 0 Å². The number of pyridine rings is 1. The van der Waals surface area contributed by atoms with Crippen molar-refractivity contribution in [2.24, 2.45) is 0 Å². The smallest absolute Gasteiger partial charge is 0.227 e. The van der Waals surface area contributed by atoms with Gasteiger partial charge in [0.05, 0.1) is 12.6 Å². The van der Waals surface area contributed by atoms with Crippen molar-refractivity contribution in [1.29, 1.82) is 0 Å². The molecule has 0 bridgehead atoms. The molecular weight excluding hydrogens is 362 g/mol. The van der Waals surface area contributed by atoms with Crippen LogP contribution in [0.2, 0.25) is 0 Å². The first kappa shape index (κ1) is 18.7. The fourth-order valence-electron chi connectivity index (χ4n) is 3.25. The number of aryl methyl sites for hydroxylation is 2. The summed E-state index contributed by atoms with van der Waals surface area (Å²) in [6, 6.07) is 20.0. The van der Waals surface area contributed by atoms with E-state index in [0.29, 0.717) is 12.5 Å². The van der Waals surface area contributed by atoms with Crippen LogP contribution in [0.15, 0.2) is 60.7 Å². The van der Waals surface area contributed by atoms with Crippen LogP contribution >= 0.6 is 0 Å². The number of anilines is 3. The Hall–Kier alpha value is -3.67. The van der Waals surface area contributed by atoms with Gasteiger partial charge in [0, 0.05) is 34.6 Å². The molecule has 6 heteroatoms. The van der Waals surface area contributed by atoms with Gasteiger partial charge in [-0.1, -0.05) is 18.2 Å². The monoisotopic (exact) mass is 385 g/mol. The highest BCUT2D eigenvalue weighted by molar-refractivity contribution is 5.84. The average molecular weight is 385 g/mol. The van der Waals surface area contributed by atoms with Crippen LogP contribution in [0, 0.1) is 13.8 Å². The van der Waals surface area contributed by atoms with Crippen LogP contribution in [0.25, 0.3) is 10.9 Å². The number of rotatable bonds is 6. The van der Waals surface area contributed by atoms with Gasteiger partial charge in [0.1, 0.15) is 11.6 Å². The van der Waals surface area contributed by atoms with Crippen LogP contribution in [-0.2, 0) is 6.54 Å². The summed E-state index contributed by atoms with van der Waals surface area (Å²) in [5.74, 6) is 2.29. The molecule has 146 valence electrons. The minimum atomic E-state index is 0.602. The molecule has 0 radical (unpaired) electrons. The lowest BCUT2D eigenvalue weighted by Gasteiger charge is -2.11. The molecule has 0 aliphatic heterocycles. The number of hydrogen-bond acceptors (Lipinski definition) is 6. The molecule has 4 rings (SSSR count). The van der Waals surface area contributed by atoms with Crippen LogP contribution in [-0.4, -0.2) is 22.1 Å². The van der Waals surface area contributed by atoms with E-state index in [1.54, 1.807) is 7.11 Å². The maximum Gasteiger partial charge on any atom is 0.227 e. The van der Waals surface area contributed by atoms with Crippen molar-refractivity contribution in [3.05, 3.63) is 77.6 Å². The molecule has 2 aromatic heterocycles. The number of nitrogens with zero attached hydrogens (tertiary/aromatic N) is 3. The number of benzene rings is 2. The molecule has 0 atom stereocenters. The first-order valence-corrected chi connectivity index (χ1v) is 9.46. The highest BCUT2D eigenvalue weighted by Crippen LogP contribution is 2.23. The number of hydrogen-bond donors (Lipinski definition) is 2. The molecule has 2 heterocycles. The first-order valence-electron chi connectivity index (χ1n) is 9.46. The van der Waals surface area contributed by atoms with E-state index in [2.05, 4.69) is 26.7 Å².